The van der Waals surface area contributed by atoms with Gasteiger partial charge in [-0.05, 0) is 23.6 Å². The number of aromatic hydroxyl groups is 2. The zero-order valence-electron chi connectivity index (χ0n) is 17.3. The minimum Gasteiger partial charge on any atom is -0.507 e. The van der Waals surface area contributed by atoms with Crippen molar-refractivity contribution in [2.75, 3.05) is 13.2 Å². The highest BCUT2D eigenvalue weighted by Crippen LogP contribution is 2.40. The zero-order valence-corrected chi connectivity index (χ0v) is 17.3. The Morgan fingerprint density at radius 1 is 1.06 bits per heavy atom. The molecule has 1 heterocycles. The Balaban J connectivity index is 1.68. The Bertz CT molecular complexity index is 1100. The van der Waals surface area contributed by atoms with Crippen LogP contribution in [0.2, 0.25) is 0 Å². The van der Waals surface area contributed by atoms with Gasteiger partial charge in [-0.3, -0.25) is 4.79 Å². The highest BCUT2D eigenvalue weighted by Gasteiger charge is 2.32. The van der Waals surface area contributed by atoms with Crippen molar-refractivity contribution in [2.24, 2.45) is 0 Å². The number of aliphatic hydroxyl groups is 1. The van der Waals surface area contributed by atoms with Gasteiger partial charge in [-0.15, -0.1) is 0 Å². The van der Waals surface area contributed by atoms with E-state index in [1.54, 1.807) is 11.8 Å². The third-order valence-corrected chi connectivity index (χ3v) is 5.73. The van der Waals surface area contributed by atoms with Gasteiger partial charge in [-0.1, -0.05) is 54.6 Å². The number of ether oxygens (including phenoxy) is 1. The molecule has 3 N–H and O–H groups in total. The largest absolute Gasteiger partial charge is 0.507 e. The van der Waals surface area contributed by atoms with Crippen molar-refractivity contribution in [3.63, 3.8) is 0 Å². The number of rotatable bonds is 5. The molecule has 160 valence electrons. The molecule has 0 aliphatic carbocycles. The molecular weight excluding hydrogens is 394 g/mol. The van der Waals surface area contributed by atoms with Gasteiger partial charge in [0, 0.05) is 30.6 Å². The first-order valence-electron chi connectivity index (χ1n) is 10.2. The van der Waals surface area contributed by atoms with E-state index in [0.29, 0.717) is 18.7 Å². The molecule has 0 aromatic heterocycles. The summed E-state index contributed by atoms with van der Waals surface area (Å²) in [5.74, 6) is -0.935. The Morgan fingerprint density at radius 3 is 2.52 bits per heavy atom. The average Bonchev–Trinajstić information content (AvgIpc) is 2.79. The van der Waals surface area contributed by atoms with E-state index in [2.05, 4.69) is 0 Å². The van der Waals surface area contributed by atoms with E-state index >= 15 is 0 Å². The van der Waals surface area contributed by atoms with E-state index in [-0.39, 0.29) is 41.9 Å². The van der Waals surface area contributed by atoms with Crippen molar-refractivity contribution >= 4 is 5.91 Å². The maximum atomic E-state index is 13.5. The Labute approximate surface area is 181 Å². The number of hydrogen-bond acceptors (Lipinski definition) is 5. The highest BCUT2D eigenvalue weighted by molar-refractivity contribution is 6.00. The van der Waals surface area contributed by atoms with Gasteiger partial charge in [0.2, 0.25) is 0 Å². The number of fused-ring (bicyclic) bond motifs is 1. The zero-order chi connectivity index (χ0) is 22.0. The molecule has 3 aromatic rings. The molecule has 6 nitrogen and oxygen atoms in total. The van der Waals surface area contributed by atoms with Crippen LogP contribution in [0.3, 0.4) is 0 Å². The molecule has 31 heavy (non-hydrogen) atoms. The summed E-state index contributed by atoms with van der Waals surface area (Å²) in [6, 6.07) is 18.4. The summed E-state index contributed by atoms with van der Waals surface area (Å²) in [6.07, 6.45) is 0. The Morgan fingerprint density at radius 2 is 1.77 bits per heavy atom. The quantitative estimate of drug-likeness (QED) is 0.587. The highest BCUT2D eigenvalue weighted by atomic mass is 16.5. The summed E-state index contributed by atoms with van der Waals surface area (Å²) in [5.41, 5.74) is 3.29. The second kappa shape index (κ2) is 8.70. The van der Waals surface area contributed by atoms with E-state index in [1.807, 2.05) is 54.6 Å². The number of carbonyl (C=O) groups excluding carboxylic acids is 1. The van der Waals surface area contributed by atoms with Crippen molar-refractivity contribution < 1.29 is 24.9 Å². The maximum absolute atomic E-state index is 13.5. The van der Waals surface area contributed by atoms with E-state index in [4.69, 9.17) is 4.74 Å². The number of aliphatic hydroxyl groups excluding tert-OH is 1. The molecule has 0 radical (unpaired) electrons. The SMILES string of the molecule is Cc1c(O)cc(O)c(C(=O)N2Cc3ccccc3C(CO)C2)c1OCc1ccccc1. The molecule has 1 amide bonds. The van der Waals surface area contributed by atoms with E-state index in [0.717, 1.165) is 16.7 Å². The molecular formula is C25H25NO5. The van der Waals surface area contributed by atoms with Gasteiger partial charge in [-0.2, -0.15) is 0 Å². The predicted octanol–water partition coefficient (Wildman–Crippen LogP) is 3.72. The molecule has 0 fully saturated rings. The van der Waals surface area contributed by atoms with Crippen LogP contribution in [0.4, 0.5) is 0 Å². The maximum Gasteiger partial charge on any atom is 0.261 e. The fourth-order valence-electron chi connectivity index (χ4n) is 4.03. The smallest absolute Gasteiger partial charge is 0.261 e. The third-order valence-electron chi connectivity index (χ3n) is 5.73. The minimum atomic E-state index is -0.406. The molecule has 3 aromatic carbocycles. The van der Waals surface area contributed by atoms with Crippen LogP contribution in [0.15, 0.2) is 60.7 Å². The number of phenolic OH excluding ortho intramolecular Hbond substituents is 2. The van der Waals surface area contributed by atoms with Gasteiger partial charge in [-0.25, -0.2) is 0 Å². The lowest BCUT2D eigenvalue weighted by atomic mass is 9.90. The summed E-state index contributed by atoms with van der Waals surface area (Å²) in [5, 5.41) is 30.6. The number of hydrogen-bond donors (Lipinski definition) is 3. The lowest BCUT2D eigenvalue weighted by molar-refractivity contribution is 0.0689. The second-order valence-electron chi connectivity index (χ2n) is 7.78. The third kappa shape index (κ3) is 4.07. The van der Waals surface area contributed by atoms with Gasteiger partial charge in [0.15, 0.2) is 0 Å². The summed E-state index contributed by atoms with van der Waals surface area (Å²) in [7, 11) is 0. The molecule has 1 aliphatic rings. The summed E-state index contributed by atoms with van der Waals surface area (Å²) in [6.45, 7) is 2.44. The summed E-state index contributed by atoms with van der Waals surface area (Å²) < 4.78 is 5.93. The second-order valence-corrected chi connectivity index (χ2v) is 7.78. The van der Waals surface area contributed by atoms with Crippen molar-refractivity contribution in [3.8, 4) is 17.2 Å². The molecule has 0 spiro atoms. The van der Waals surface area contributed by atoms with Crippen molar-refractivity contribution in [1.29, 1.82) is 0 Å². The molecule has 0 bridgehead atoms. The van der Waals surface area contributed by atoms with Crippen LogP contribution in [0.1, 0.15) is 38.5 Å². The molecule has 0 saturated carbocycles. The monoisotopic (exact) mass is 419 g/mol. The first-order valence-corrected chi connectivity index (χ1v) is 10.2. The molecule has 0 saturated heterocycles. The van der Waals surface area contributed by atoms with Crippen LogP contribution < -0.4 is 4.74 Å². The van der Waals surface area contributed by atoms with Gasteiger partial charge in [0.25, 0.3) is 5.91 Å². The first kappa shape index (κ1) is 20.8. The van der Waals surface area contributed by atoms with Crippen LogP contribution in [0.25, 0.3) is 0 Å². The van der Waals surface area contributed by atoms with Crippen molar-refractivity contribution in [2.45, 2.75) is 26.0 Å². The molecule has 6 heteroatoms. The lowest BCUT2D eigenvalue weighted by Gasteiger charge is -2.34. The number of benzene rings is 3. The minimum absolute atomic E-state index is 0.0160. The summed E-state index contributed by atoms with van der Waals surface area (Å²) in [4.78, 5) is 15.1. The fraction of sp³-hybridized carbons (Fsp3) is 0.240. The van der Waals surface area contributed by atoms with E-state index in [9.17, 15) is 20.1 Å². The number of phenols is 2. The van der Waals surface area contributed by atoms with Gasteiger partial charge >= 0.3 is 0 Å². The number of carbonyl (C=O) groups is 1. The molecule has 1 unspecified atom stereocenters. The van der Waals surface area contributed by atoms with E-state index in [1.165, 1.54) is 6.07 Å². The van der Waals surface area contributed by atoms with E-state index < -0.39 is 5.91 Å². The van der Waals surface area contributed by atoms with Crippen LogP contribution in [-0.4, -0.2) is 39.3 Å². The van der Waals surface area contributed by atoms with Crippen LogP contribution in [0, 0.1) is 6.92 Å². The Hall–Kier alpha value is -3.51. The predicted molar refractivity (Wildman–Crippen MR) is 116 cm³/mol. The van der Waals surface area contributed by atoms with Crippen molar-refractivity contribution in [3.05, 3.63) is 88.5 Å². The fourth-order valence-corrected chi connectivity index (χ4v) is 4.03. The lowest BCUT2D eigenvalue weighted by Crippen LogP contribution is -2.39. The summed E-state index contributed by atoms with van der Waals surface area (Å²) >= 11 is 0. The normalized spacial score (nSPS) is 15.4. The molecule has 1 aliphatic heterocycles. The number of nitrogens with zero attached hydrogens (tertiary/aromatic N) is 1. The topological polar surface area (TPSA) is 90.2 Å². The first-order chi connectivity index (χ1) is 15.0. The molecule has 1 atom stereocenters. The van der Waals surface area contributed by atoms with Crippen LogP contribution in [-0.2, 0) is 13.2 Å². The van der Waals surface area contributed by atoms with Crippen molar-refractivity contribution in [1.82, 2.24) is 4.90 Å². The molecule has 4 rings (SSSR count). The standard InChI is InChI=1S/C25H25NO5/c1-16-21(28)11-22(29)23(24(16)31-15-17-7-3-2-4-8-17)25(30)26-12-18-9-5-6-10-20(18)19(13-26)14-27/h2-11,19,27-29H,12-15H2,1H3. The van der Waals surface area contributed by atoms with Crippen LogP contribution >= 0.6 is 0 Å². The number of amides is 1. The van der Waals surface area contributed by atoms with Crippen LogP contribution in [0.5, 0.6) is 17.2 Å². The Kier molecular flexibility index (Phi) is 5.82. The van der Waals surface area contributed by atoms with Gasteiger partial charge < -0.3 is 25.0 Å². The van der Waals surface area contributed by atoms with Gasteiger partial charge in [0.05, 0.1) is 6.61 Å². The average molecular weight is 419 g/mol. The van der Waals surface area contributed by atoms with Gasteiger partial charge in [0.1, 0.15) is 29.4 Å².